The topological polar surface area (TPSA) is 86.8 Å². The van der Waals surface area contributed by atoms with Gasteiger partial charge in [0.15, 0.2) is 0 Å². The second-order valence-corrected chi connectivity index (χ2v) is 9.26. The van der Waals surface area contributed by atoms with E-state index >= 15 is 0 Å². The van der Waals surface area contributed by atoms with Gasteiger partial charge in [-0.1, -0.05) is 54.1 Å². The van der Waals surface area contributed by atoms with Crippen LogP contribution in [0, 0.1) is 0 Å². The van der Waals surface area contributed by atoms with Crippen LogP contribution in [0.25, 0.3) is 0 Å². The molecule has 2 N–H and O–H groups in total. The van der Waals surface area contributed by atoms with Gasteiger partial charge in [0.1, 0.15) is 23.7 Å². The number of likely N-dealkylation sites (N-methyl/N-ethyl adjacent to an activating group) is 2. The zero-order valence-corrected chi connectivity index (χ0v) is 21.1. The van der Waals surface area contributed by atoms with Gasteiger partial charge in [0.05, 0.1) is 19.3 Å². The van der Waals surface area contributed by atoms with Gasteiger partial charge in [0.25, 0.3) is 0 Å². The summed E-state index contributed by atoms with van der Waals surface area (Å²) in [6, 6.07) is 20.2. The highest BCUT2D eigenvalue weighted by atomic mass is 35.5. The molecular formula is C27H30ClN5O3. The van der Waals surface area contributed by atoms with E-state index in [1.807, 2.05) is 54.6 Å². The number of amides is 3. The van der Waals surface area contributed by atoms with Crippen LogP contribution in [0.1, 0.15) is 17.2 Å². The first-order chi connectivity index (χ1) is 17.4. The van der Waals surface area contributed by atoms with E-state index in [0.29, 0.717) is 36.2 Å². The maximum Gasteiger partial charge on any atom is 0.319 e. The number of carbonyl (C=O) groups is 2. The Morgan fingerprint density at radius 1 is 1.06 bits per heavy atom. The fourth-order valence-electron chi connectivity index (χ4n) is 4.12. The van der Waals surface area contributed by atoms with Gasteiger partial charge in [-0.15, -0.1) is 0 Å². The van der Waals surface area contributed by atoms with Crippen LogP contribution in [0.3, 0.4) is 0 Å². The summed E-state index contributed by atoms with van der Waals surface area (Å²) < 4.78 is 5.99. The standard InChI is InChI=1S/C27H30ClN5O3/c1-32-17-23(18-33(2)27(32)35)36-22-12-13-24(30-16-22)31-26(34)25(20-6-4-3-5-7-20)29-15-14-19-8-10-21(28)11-9-19/h3-13,16,23,25,29H,14-15,17-18H2,1-2H3,(H,30,31,34). The van der Waals surface area contributed by atoms with Crippen molar-refractivity contribution in [3.05, 3.63) is 89.1 Å². The van der Waals surface area contributed by atoms with E-state index < -0.39 is 6.04 Å². The van der Waals surface area contributed by atoms with E-state index in [1.165, 1.54) is 0 Å². The number of anilines is 1. The van der Waals surface area contributed by atoms with E-state index in [9.17, 15) is 9.59 Å². The lowest BCUT2D eigenvalue weighted by molar-refractivity contribution is -0.118. The quantitative estimate of drug-likeness (QED) is 0.457. The minimum absolute atomic E-state index is 0.0271. The third-order valence-electron chi connectivity index (χ3n) is 5.97. The molecule has 2 heterocycles. The van der Waals surface area contributed by atoms with Gasteiger partial charge in [0.2, 0.25) is 5.91 Å². The number of ether oxygens (including phenoxy) is 1. The summed E-state index contributed by atoms with van der Waals surface area (Å²) in [7, 11) is 3.50. The largest absolute Gasteiger partial charge is 0.485 e. The number of hydrogen-bond acceptors (Lipinski definition) is 5. The Bertz CT molecular complexity index is 1140. The maximum absolute atomic E-state index is 13.2. The molecule has 0 saturated carbocycles. The van der Waals surface area contributed by atoms with Crippen LogP contribution in [0.2, 0.25) is 5.02 Å². The number of aromatic nitrogens is 1. The summed E-state index contributed by atoms with van der Waals surface area (Å²) >= 11 is 5.97. The molecule has 1 aliphatic rings. The molecule has 8 nitrogen and oxygen atoms in total. The minimum Gasteiger partial charge on any atom is -0.485 e. The molecule has 1 aromatic heterocycles. The summed E-state index contributed by atoms with van der Waals surface area (Å²) in [6.07, 6.45) is 2.18. The minimum atomic E-state index is -0.540. The van der Waals surface area contributed by atoms with Crippen LogP contribution in [0.5, 0.6) is 5.75 Å². The molecule has 9 heteroatoms. The lowest BCUT2D eigenvalue weighted by Gasteiger charge is -2.36. The van der Waals surface area contributed by atoms with Crippen LogP contribution in [0.4, 0.5) is 10.6 Å². The molecular weight excluding hydrogens is 478 g/mol. The average Bonchev–Trinajstić information content (AvgIpc) is 2.88. The van der Waals surface area contributed by atoms with Crippen LogP contribution in [0.15, 0.2) is 72.9 Å². The van der Waals surface area contributed by atoms with Crippen molar-refractivity contribution in [3.63, 3.8) is 0 Å². The number of carbonyl (C=O) groups excluding carboxylic acids is 2. The number of halogens is 1. The third kappa shape index (κ3) is 6.74. The normalized spacial score (nSPS) is 15.0. The maximum atomic E-state index is 13.2. The molecule has 0 aliphatic carbocycles. The Kier molecular flexibility index (Phi) is 8.40. The van der Waals surface area contributed by atoms with Crippen molar-refractivity contribution in [2.24, 2.45) is 0 Å². The van der Waals surface area contributed by atoms with Crippen molar-refractivity contribution in [1.82, 2.24) is 20.1 Å². The molecule has 2 aromatic carbocycles. The van der Waals surface area contributed by atoms with Crippen molar-refractivity contribution in [2.75, 3.05) is 39.0 Å². The van der Waals surface area contributed by atoms with Crippen molar-refractivity contribution in [3.8, 4) is 5.75 Å². The zero-order valence-electron chi connectivity index (χ0n) is 20.4. The molecule has 36 heavy (non-hydrogen) atoms. The zero-order chi connectivity index (χ0) is 25.5. The molecule has 0 bridgehead atoms. The fourth-order valence-corrected chi connectivity index (χ4v) is 4.25. The molecule has 1 aliphatic heterocycles. The molecule has 1 atom stereocenters. The first-order valence-electron chi connectivity index (χ1n) is 11.8. The Morgan fingerprint density at radius 3 is 2.39 bits per heavy atom. The number of pyridine rings is 1. The Morgan fingerprint density at radius 2 is 1.75 bits per heavy atom. The third-order valence-corrected chi connectivity index (χ3v) is 6.22. The van der Waals surface area contributed by atoms with Gasteiger partial charge in [-0.05, 0) is 41.8 Å². The van der Waals surface area contributed by atoms with Crippen molar-refractivity contribution < 1.29 is 14.3 Å². The van der Waals surface area contributed by atoms with Gasteiger partial charge < -0.3 is 25.2 Å². The number of nitrogens with zero attached hydrogens (tertiary/aromatic N) is 3. The second-order valence-electron chi connectivity index (χ2n) is 8.83. The van der Waals surface area contributed by atoms with Crippen molar-refractivity contribution in [1.29, 1.82) is 0 Å². The summed E-state index contributed by atoms with van der Waals surface area (Å²) in [5, 5.41) is 6.96. The molecule has 1 fully saturated rings. The van der Waals surface area contributed by atoms with E-state index in [2.05, 4.69) is 15.6 Å². The highest BCUT2D eigenvalue weighted by molar-refractivity contribution is 6.30. The fraction of sp³-hybridized carbons (Fsp3) is 0.296. The number of nitrogens with one attached hydrogen (secondary N) is 2. The van der Waals surface area contributed by atoms with Gasteiger partial charge in [-0.3, -0.25) is 4.79 Å². The number of urea groups is 1. The van der Waals surface area contributed by atoms with E-state index in [4.69, 9.17) is 16.3 Å². The first kappa shape index (κ1) is 25.5. The van der Waals surface area contributed by atoms with Gasteiger partial charge in [-0.25, -0.2) is 9.78 Å². The Labute approximate surface area is 216 Å². The lowest BCUT2D eigenvalue weighted by Crippen LogP contribution is -2.54. The molecule has 3 aromatic rings. The van der Waals surface area contributed by atoms with E-state index in [1.54, 1.807) is 42.2 Å². The Balaban J connectivity index is 1.36. The molecule has 0 radical (unpaired) electrons. The second kappa shape index (κ2) is 11.9. The summed E-state index contributed by atoms with van der Waals surface area (Å²) in [5.74, 6) is 0.809. The van der Waals surface area contributed by atoms with Crippen LogP contribution in [-0.4, -0.2) is 66.6 Å². The van der Waals surface area contributed by atoms with Crippen molar-refractivity contribution in [2.45, 2.75) is 18.6 Å². The van der Waals surface area contributed by atoms with Gasteiger partial charge in [-0.2, -0.15) is 0 Å². The molecule has 0 spiro atoms. The van der Waals surface area contributed by atoms with E-state index in [0.717, 1.165) is 17.5 Å². The number of hydrogen-bond donors (Lipinski definition) is 2. The highest BCUT2D eigenvalue weighted by Crippen LogP contribution is 2.19. The van der Waals surface area contributed by atoms with Crippen LogP contribution < -0.4 is 15.4 Å². The molecule has 4 rings (SSSR count). The van der Waals surface area contributed by atoms with Gasteiger partial charge >= 0.3 is 6.03 Å². The highest BCUT2D eigenvalue weighted by Gasteiger charge is 2.28. The van der Waals surface area contributed by atoms with Crippen LogP contribution >= 0.6 is 11.6 Å². The summed E-state index contributed by atoms with van der Waals surface area (Å²) in [5.41, 5.74) is 2.00. The number of rotatable bonds is 9. The smallest absolute Gasteiger partial charge is 0.319 e. The van der Waals surface area contributed by atoms with E-state index in [-0.39, 0.29) is 18.0 Å². The molecule has 1 unspecified atom stereocenters. The lowest BCUT2D eigenvalue weighted by atomic mass is 10.1. The summed E-state index contributed by atoms with van der Waals surface area (Å²) in [4.78, 5) is 32.7. The molecule has 1 saturated heterocycles. The predicted octanol–water partition coefficient (Wildman–Crippen LogP) is 3.99. The molecule has 3 amide bonds. The van der Waals surface area contributed by atoms with Crippen molar-refractivity contribution >= 4 is 29.4 Å². The van der Waals surface area contributed by atoms with Crippen LogP contribution in [-0.2, 0) is 11.2 Å². The van der Waals surface area contributed by atoms with Gasteiger partial charge in [0, 0.05) is 25.7 Å². The monoisotopic (exact) mass is 507 g/mol. The Hall–Kier alpha value is -3.62. The average molecular weight is 508 g/mol. The summed E-state index contributed by atoms with van der Waals surface area (Å²) in [6.45, 7) is 1.62. The predicted molar refractivity (Wildman–Crippen MR) is 140 cm³/mol. The number of benzene rings is 2. The molecule has 188 valence electrons. The SMILES string of the molecule is CN1CC(Oc2ccc(NC(=O)C(NCCc3ccc(Cl)cc3)c3ccccc3)nc2)CN(C)C1=O. The first-order valence-corrected chi connectivity index (χ1v) is 12.2.